The highest BCUT2D eigenvalue weighted by Gasteiger charge is 2.27. The maximum absolute atomic E-state index is 12.7. The van der Waals surface area contributed by atoms with Gasteiger partial charge < -0.3 is 10.0 Å². The summed E-state index contributed by atoms with van der Waals surface area (Å²) in [6, 6.07) is 3.58. The number of piperidine rings is 1. The number of carboxylic acid groups (broad SMARTS) is 1. The van der Waals surface area contributed by atoms with Crippen LogP contribution in [-0.4, -0.2) is 35.0 Å². The summed E-state index contributed by atoms with van der Waals surface area (Å²) in [5.41, 5.74) is 1.87. The van der Waals surface area contributed by atoms with Crippen LogP contribution in [0, 0.1) is 19.8 Å². The predicted octanol–water partition coefficient (Wildman–Crippen LogP) is 2.87. The molecule has 1 heterocycles. The average molecular weight is 275 g/mol. The van der Waals surface area contributed by atoms with E-state index >= 15 is 0 Å². The van der Waals surface area contributed by atoms with Gasteiger partial charge in [-0.05, 0) is 43.7 Å². The standard InChI is InChI=1S/C16H21NO3/c1-10-6-8-17(9-7-10)15(18)13-11(2)4-5-12(3)14(13)16(19)20/h4-5,10H,6-9H2,1-3H3,(H,19,20). The zero-order valence-corrected chi connectivity index (χ0v) is 12.3. The first-order chi connectivity index (χ1) is 9.41. The lowest BCUT2D eigenvalue weighted by Gasteiger charge is -2.31. The third-order valence-corrected chi connectivity index (χ3v) is 4.12. The SMILES string of the molecule is Cc1ccc(C)c(C(=O)N2CCC(C)CC2)c1C(=O)O. The molecule has 1 aromatic rings. The molecule has 1 aliphatic heterocycles. The van der Waals surface area contributed by atoms with Crippen LogP contribution in [0.3, 0.4) is 0 Å². The minimum absolute atomic E-state index is 0.143. The molecule has 1 N–H and O–H groups in total. The first kappa shape index (κ1) is 14.6. The van der Waals surface area contributed by atoms with Crippen molar-refractivity contribution in [1.82, 2.24) is 4.90 Å². The fourth-order valence-electron chi connectivity index (χ4n) is 2.73. The Morgan fingerprint density at radius 2 is 1.60 bits per heavy atom. The van der Waals surface area contributed by atoms with E-state index in [9.17, 15) is 14.7 Å². The molecule has 20 heavy (non-hydrogen) atoms. The van der Waals surface area contributed by atoms with Gasteiger partial charge in [-0.2, -0.15) is 0 Å². The van der Waals surface area contributed by atoms with Crippen LogP contribution in [0.15, 0.2) is 12.1 Å². The Morgan fingerprint density at radius 1 is 1.10 bits per heavy atom. The van der Waals surface area contributed by atoms with Gasteiger partial charge in [0, 0.05) is 13.1 Å². The summed E-state index contributed by atoms with van der Waals surface area (Å²) >= 11 is 0. The van der Waals surface area contributed by atoms with Crippen molar-refractivity contribution < 1.29 is 14.7 Å². The fourth-order valence-corrected chi connectivity index (χ4v) is 2.73. The zero-order valence-electron chi connectivity index (χ0n) is 12.3. The lowest BCUT2D eigenvalue weighted by molar-refractivity contribution is 0.0653. The van der Waals surface area contributed by atoms with Crippen LogP contribution in [0.1, 0.15) is 51.6 Å². The molecule has 4 nitrogen and oxygen atoms in total. The summed E-state index contributed by atoms with van der Waals surface area (Å²) in [6.07, 6.45) is 1.97. The first-order valence-corrected chi connectivity index (χ1v) is 7.04. The Hall–Kier alpha value is -1.84. The molecule has 108 valence electrons. The van der Waals surface area contributed by atoms with E-state index in [1.165, 1.54) is 0 Å². The third-order valence-electron chi connectivity index (χ3n) is 4.12. The van der Waals surface area contributed by atoms with Gasteiger partial charge in [-0.1, -0.05) is 19.1 Å². The number of aryl methyl sites for hydroxylation is 2. The van der Waals surface area contributed by atoms with Gasteiger partial charge in [0.25, 0.3) is 5.91 Å². The zero-order chi connectivity index (χ0) is 14.9. The number of carbonyl (C=O) groups excluding carboxylic acids is 1. The number of hydrogen-bond donors (Lipinski definition) is 1. The molecule has 0 aliphatic carbocycles. The molecule has 0 spiro atoms. The molecule has 1 saturated heterocycles. The van der Waals surface area contributed by atoms with E-state index in [-0.39, 0.29) is 11.5 Å². The highest BCUT2D eigenvalue weighted by atomic mass is 16.4. The second kappa shape index (κ2) is 5.65. The topological polar surface area (TPSA) is 57.6 Å². The van der Waals surface area contributed by atoms with Gasteiger partial charge in [0.15, 0.2) is 0 Å². The minimum atomic E-state index is -1.03. The van der Waals surface area contributed by atoms with Crippen LogP contribution in [-0.2, 0) is 0 Å². The Balaban J connectivity index is 2.39. The number of carbonyl (C=O) groups is 2. The molecular formula is C16H21NO3. The van der Waals surface area contributed by atoms with E-state index in [4.69, 9.17) is 0 Å². The van der Waals surface area contributed by atoms with E-state index in [2.05, 4.69) is 6.92 Å². The Bertz CT molecular complexity index is 543. The maximum Gasteiger partial charge on any atom is 0.336 e. The molecule has 1 aromatic carbocycles. The van der Waals surface area contributed by atoms with Crippen molar-refractivity contribution in [3.8, 4) is 0 Å². The van der Waals surface area contributed by atoms with Crippen LogP contribution in [0.4, 0.5) is 0 Å². The number of amides is 1. The molecule has 4 heteroatoms. The summed E-state index contributed by atoms with van der Waals surface area (Å²) in [7, 11) is 0. The quantitative estimate of drug-likeness (QED) is 0.903. The molecule has 0 bridgehead atoms. The van der Waals surface area contributed by atoms with Crippen molar-refractivity contribution >= 4 is 11.9 Å². The van der Waals surface area contributed by atoms with Gasteiger partial charge in [0.2, 0.25) is 0 Å². The number of carboxylic acids is 1. The van der Waals surface area contributed by atoms with E-state index in [0.717, 1.165) is 18.4 Å². The fraction of sp³-hybridized carbons (Fsp3) is 0.500. The van der Waals surface area contributed by atoms with Crippen molar-refractivity contribution in [2.75, 3.05) is 13.1 Å². The molecule has 0 radical (unpaired) electrons. The summed E-state index contributed by atoms with van der Waals surface area (Å²) < 4.78 is 0. The average Bonchev–Trinajstić information content (AvgIpc) is 2.40. The Kier molecular flexibility index (Phi) is 4.12. The highest BCUT2D eigenvalue weighted by molar-refractivity contribution is 6.06. The van der Waals surface area contributed by atoms with Crippen molar-refractivity contribution in [2.45, 2.75) is 33.6 Å². The number of hydrogen-bond acceptors (Lipinski definition) is 2. The molecular weight excluding hydrogens is 254 g/mol. The summed E-state index contributed by atoms with van der Waals surface area (Å²) in [4.78, 5) is 25.9. The van der Waals surface area contributed by atoms with Gasteiger partial charge in [-0.3, -0.25) is 4.79 Å². The lowest BCUT2D eigenvalue weighted by atomic mass is 9.94. The number of benzene rings is 1. The molecule has 0 atom stereocenters. The van der Waals surface area contributed by atoms with Crippen molar-refractivity contribution in [3.63, 3.8) is 0 Å². The summed E-state index contributed by atoms with van der Waals surface area (Å²) in [6.45, 7) is 7.14. The normalized spacial score (nSPS) is 16.2. The number of aromatic carboxylic acids is 1. The van der Waals surface area contributed by atoms with Crippen molar-refractivity contribution in [2.24, 2.45) is 5.92 Å². The molecule has 1 aliphatic rings. The van der Waals surface area contributed by atoms with E-state index in [1.54, 1.807) is 24.8 Å². The van der Waals surface area contributed by atoms with Crippen LogP contribution in [0.5, 0.6) is 0 Å². The van der Waals surface area contributed by atoms with Crippen LogP contribution >= 0.6 is 0 Å². The predicted molar refractivity (Wildman–Crippen MR) is 77.2 cm³/mol. The summed E-state index contributed by atoms with van der Waals surface area (Å²) in [5, 5.41) is 9.39. The van der Waals surface area contributed by atoms with Gasteiger partial charge in [0.05, 0.1) is 11.1 Å². The van der Waals surface area contributed by atoms with Gasteiger partial charge in [-0.15, -0.1) is 0 Å². The Morgan fingerprint density at radius 3 is 2.10 bits per heavy atom. The second-order valence-electron chi connectivity index (χ2n) is 5.73. The van der Waals surface area contributed by atoms with Gasteiger partial charge >= 0.3 is 5.97 Å². The molecule has 0 aromatic heterocycles. The second-order valence-corrected chi connectivity index (χ2v) is 5.73. The minimum Gasteiger partial charge on any atom is -0.478 e. The molecule has 2 rings (SSSR count). The number of rotatable bonds is 2. The lowest BCUT2D eigenvalue weighted by Crippen LogP contribution is -2.39. The third kappa shape index (κ3) is 2.69. The molecule has 0 saturated carbocycles. The number of likely N-dealkylation sites (tertiary alicyclic amines) is 1. The number of nitrogens with zero attached hydrogens (tertiary/aromatic N) is 1. The first-order valence-electron chi connectivity index (χ1n) is 7.04. The van der Waals surface area contributed by atoms with Crippen LogP contribution in [0.2, 0.25) is 0 Å². The maximum atomic E-state index is 12.7. The molecule has 1 fully saturated rings. The van der Waals surface area contributed by atoms with E-state index in [0.29, 0.717) is 30.1 Å². The Labute approximate surface area is 119 Å². The smallest absolute Gasteiger partial charge is 0.336 e. The van der Waals surface area contributed by atoms with Gasteiger partial charge in [-0.25, -0.2) is 4.79 Å². The monoisotopic (exact) mass is 275 g/mol. The van der Waals surface area contributed by atoms with Crippen LogP contribution in [0.25, 0.3) is 0 Å². The van der Waals surface area contributed by atoms with Crippen LogP contribution < -0.4 is 0 Å². The van der Waals surface area contributed by atoms with Crippen molar-refractivity contribution in [1.29, 1.82) is 0 Å². The van der Waals surface area contributed by atoms with Crippen molar-refractivity contribution in [3.05, 3.63) is 34.4 Å². The largest absolute Gasteiger partial charge is 0.478 e. The van der Waals surface area contributed by atoms with E-state index < -0.39 is 5.97 Å². The van der Waals surface area contributed by atoms with Gasteiger partial charge in [0.1, 0.15) is 0 Å². The highest BCUT2D eigenvalue weighted by Crippen LogP contribution is 2.24. The molecule has 1 amide bonds. The van der Waals surface area contributed by atoms with E-state index in [1.807, 2.05) is 6.07 Å². The molecule has 0 unspecified atom stereocenters. The summed E-state index contributed by atoms with van der Waals surface area (Å²) in [5.74, 6) is -0.535.